The van der Waals surface area contributed by atoms with Crippen molar-refractivity contribution in [3.8, 4) is 44.5 Å². The Labute approximate surface area is 273 Å². The summed E-state index contributed by atoms with van der Waals surface area (Å²) in [6.45, 7) is 5.95. The smallest absolute Gasteiger partial charge is 0.119 e. The van der Waals surface area contributed by atoms with Crippen LogP contribution in [0.5, 0.6) is 11.5 Å². The van der Waals surface area contributed by atoms with Crippen LogP contribution in [0, 0.1) is 0 Å². The van der Waals surface area contributed by atoms with E-state index in [0.29, 0.717) is 0 Å². The molecule has 0 aliphatic heterocycles. The molecule has 0 unspecified atom stereocenters. The van der Waals surface area contributed by atoms with Gasteiger partial charge in [0, 0.05) is 27.8 Å². The van der Waals surface area contributed by atoms with Gasteiger partial charge in [-0.3, -0.25) is 4.98 Å². The van der Waals surface area contributed by atoms with Crippen LogP contribution in [0.4, 0.5) is 0 Å². The molecule has 6 heteroatoms. The highest BCUT2D eigenvalue weighted by Crippen LogP contribution is 2.37. The van der Waals surface area contributed by atoms with Crippen molar-refractivity contribution in [2.24, 2.45) is 0 Å². The second-order valence-electron chi connectivity index (χ2n) is 11.7. The van der Waals surface area contributed by atoms with Crippen molar-refractivity contribution in [3.05, 3.63) is 78.4 Å². The molecule has 0 aliphatic carbocycles. The molecular formula is C39H47N3O2S. The molecule has 2 aromatic carbocycles. The third kappa shape index (κ3) is 9.37. The Morgan fingerprint density at radius 2 is 1.18 bits per heavy atom. The number of benzene rings is 2. The van der Waals surface area contributed by atoms with Crippen LogP contribution in [0.25, 0.3) is 44.0 Å². The highest BCUT2D eigenvalue weighted by Gasteiger charge is 2.17. The van der Waals surface area contributed by atoms with E-state index in [9.17, 15) is 0 Å². The minimum absolute atomic E-state index is 0.720. The third-order valence-corrected chi connectivity index (χ3v) is 9.02. The van der Waals surface area contributed by atoms with Crippen molar-refractivity contribution in [2.45, 2.75) is 90.9 Å². The molecule has 0 saturated carbocycles. The van der Waals surface area contributed by atoms with Gasteiger partial charge >= 0.3 is 0 Å². The number of nitrogens with zero attached hydrogens (tertiary/aromatic N) is 3. The average Bonchev–Trinajstić information content (AvgIpc) is 3.62. The number of thiophene rings is 1. The van der Waals surface area contributed by atoms with E-state index in [1.165, 1.54) is 64.2 Å². The standard InChI is InChI=1S/C39H47N3O2S/c1-3-5-7-9-11-13-23-43-32-20-15-18-30(26-32)37-38(31-19-16-21-33(27-31)44-24-14-12-10-8-6-4-2)42-39-34(36-22-17-25-45-36)28-40-29-35(39)41-37/h15-22,25-29H,3-14,23-24H2,1-2H3. The lowest BCUT2D eigenvalue weighted by molar-refractivity contribution is 0.304. The Morgan fingerprint density at radius 3 is 1.76 bits per heavy atom. The van der Waals surface area contributed by atoms with Gasteiger partial charge in [0.25, 0.3) is 0 Å². The zero-order chi connectivity index (χ0) is 31.1. The molecule has 5 aromatic rings. The molecule has 0 amide bonds. The normalized spacial score (nSPS) is 11.2. The summed E-state index contributed by atoms with van der Waals surface area (Å²) in [4.78, 5) is 16.2. The molecule has 0 fully saturated rings. The van der Waals surface area contributed by atoms with Gasteiger partial charge in [0.05, 0.1) is 30.8 Å². The fourth-order valence-corrected chi connectivity index (χ4v) is 6.34. The molecule has 5 nitrogen and oxygen atoms in total. The Balaban J connectivity index is 1.42. The van der Waals surface area contributed by atoms with Crippen molar-refractivity contribution < 1.29 is 9.47 Å². The van der Waals surface area contributed by atoms with E-state index >= 15 is 0 Å². The highest BCUT2D eigenvalue weighted by molar-refractivity contribution is 7.13. The maximum Gasteiger partial charge on any atom is 0.119 e. The van der Waals surface area contributed by atoms with Crippen LogP contribution in [0.2, 0.25) is 0 Å². The molecule has 0 aliphatic rings. The Hall–Kier alpha value is -3.77. The van der Waals surface area contributed by atoms with Gasteiger partial charge in [-0.1, -0.05) is 108 Å². The topological polar surface area (TPSA) is 57.1 Å². The van der Waals surface area contributed by atoms with E-state index in [4.69, 9.17) is 19.4 Å². The van der Waals surface area contributed by atoms with Crippen LogP contribution in [-0.4, -0.2) is 28.2 Å². The molecule has 236 valence electrons. The van der Waals surface area contributed by atoms with E-state index in [-0.39, 0.29) is 0 Å². The number of hydrogen-bond acceptors (Lipinski definition) is 6. The fourth-order valence-electron chi connectivity index (χ4n) is 5.61. The number of unbranched alkanes of at least 4 members (excludes halogenated alkanes) is 10. The molecule has 0 N–H and O–H groups in total. The number of pyridine rings is 1. The van der Waals surface area contributed by atoms with Gasteiger partial charge < -0.3 is 9.47 Å². The van der Waals surface area contributed by atoms with E-state index in [1.54, 1.807) is 11.3 Å². The summed E-state index contributed by atoms with van der Waals surface area (Å²) in [6.07, 6.45) is 18.6. The minimum atomic E-state index is 0.720. The van der Waals surface area contributed by atoms with E-state index < -0.39 is 0 Å². The monoisotopic (exact) mass is 621 g/mol. The molecule has 0 radical (unpaired) electrons. The van der Waals surface area contributed by atoms with Gasteiger partial charge in [-0.25, -0.2) is 9.97 Å². The number of aromatic nitrogens is 3. The maximum atomic E-state index is 6.22. The third-order valence-electron chi connectivity index (χ3n) is 8.11. The first kappa shape index (κ1) is 32.6. The van der Waals surface area contributed by atoms with Crippen LogP contribution in [0.3, 0.4) is 0 Å². The largest absolute Gasteiger partial charge is 0.494 e. The van der Waals surface area contributed by atoms with Crippen LogP contribution in [-0.2, 0) is 0 Å². The number of rotatable bonds is 19. The van der Waals surface area contributed by atoms with E-state index in [0.717, 1.165) is 81.5 Å². The van der Waals surface area contributed by atoms with E-state index in [1.807, 2.05) is 36.7 Å². The molecule has 0 bridgehead atoms. The second kappa shape index (κ2) is 17.6. The molecule has 0 saturated heterocycles. The quantitative estimate of drug-likeness (QED) is 0.0859. The summed E-state index contributed by atoms with van der Waals surface area (Å²) in [5.41, 5.74) is 6.20. The van der Waals surface area contributed by atoms with Gasteiger partial charge in [-0.05, 0) is 48.6 Å². The first-order valence-corrected chi connectivity index (χ1v) is 17.8. The first-order chi connectivity index (χ1) is 22.3. The summed E-state index contributed by atoms with van der Waals surface area (Å²) >= 11 is 1.68. The first-order valence-electron chi connectivity index (χ1n) is 16.9. The summed E-state index contributed by atoms with van der Waals surface area (Å²) in [7, 11) is 0. The number of ether oxygens (including phenoxy) is 2. The van der Waals surface area contributed by atoms with Crippen LogP contribution < -0.4 is 9.47 Å². The molecule has 5 rings (SSSR count). The summed E-state index contributed by atoms with van der Waals surface area (Å²) in [5.74, 6) is 1.72. The molecule has 3 aromatic heterocycles. The average molecular weight is 622 g/mol. The lowest BCUT2D eigenvalue weighted by Crippen LogP contribution is -2.00. The highest BCUT2D eigenvalue weighted by atomic mass is 32.1. The molecule has 0 spiro atoms. The fraction of sp³-hybridized carbons (Fsp3) is 0.410. The van der Waals surface area contributed by atoms with E-state index in [2.05, 4.69) is 60.6 Å². The Morgan fingerprint density at radius 1 is 0.600 bits per heavy atom. The van der Waals surface area contributed by atoms with Gasteiger partial charge in [0.15, 0.2) is 0 Å². The zero-order valence-corrected chi connectivity index (χ0v) is 27.8. The van der Waals surface area contributed by atoms with Crippen molar-refractivity contribution in [1.82, 2.24) is 15.0 Å². The molecule has 0 atom stereocenters. The lowest BCUT2D eigenvalue weighted by atomic mass is 10.0. The van der Waals surface area contributed by atoms with Crippen LogP contribution in [0.15, 0.2) is 78.4 Å². The van der Waals surface area contributed by atoms with Crippen molar-refractivity contribution >= 4 is 22.4 Å². The minimum Gasteiger partial charge on any atom is -0.494 e. The summed E-state index contributed by atoms with van der Waals surface area (Å²) in [5, 5.41) is 2.08. The predicted molar refractivity (Wildman–Crippen MR) is 189 cm³/mol. The molecule has 3 heterocycles. The van der Waals surface area contributed by atoms with Gasteiger partial charge in [0.1, 0.15) is 22.5 Å². The van der Waals surface area contributed by atoms with Crippen molar-refractivity contribution in [3.63, 3.8) is 0 Å². The Bertz CT molecular complexity index is 1600. The summed E-state index contributed by atoms with van der Waals surface area (Å²) in [6, 6.07) is 20.7. The number of fused-ring (bicyclic) bond motifs is 1. The predicted octanol–water partition coefficient (Wildman–Crippen LogP) is 11.6. The SMILES string of the molecule is CCCCCCCCOc1cccc(-c2nc3cncc(-c4cccs4)c3nc2-c2cccc(OCCCCCCCC)c2)c1. The van der Waals surface area contributed by atoms with Crippen molar-refractivity contribution in [2.75, 3.05) is 13.2 Å². The van der Waals surface area contributed by atoms with Gasteiger partial charge in [-0.15, -0.1) is 11.3 Å². The summed E-state index contributed by atoms with van der Waals surface area (Å²) < 4.78 is 12.4. The maximum absolute atomic E-state index is 6.22. The van der Waals surface area contributed by atoms with Gasteiger partial charge in [-0.2, -0.15) is 0 Å². The Kier molecular flexibility index (Phi) is 12.8. The second-order valence-corrected chi connectivity index (χ2v) is 12.7. The number of hydrogen-bond donors (Lipinski definition) is 0. The molecule has 45 heavy (non-hydrogen) atoms. The zero-order valence-electron chi connectivity index (χ0n) is 27.0. The van der Waals surface area contributed by atoms with Crippen LogP contribution in [0.1, 0.15) is 90.9 Å². The lowest BCUT2D eigenvalue weighted by Gasteiger charge is -2.14. The molecular weight excluding hydrogens is 575 g/mol. The van der Waals surface area contributed by atoms with Crippen molar-refractivity contribution in [1.29, 1.82) is 0 Å². The van der Waals surface area contributed by atoms with Crippen LogP contribution >= 0.6 is 11.3 Å². The van der Waals surface area contributed by atoms with Gasteiger partial charge in [0.2, 0.25) is 0 Å².